The highest BCUT2D eigenvalue weighted by molar-refractivity contribution is 6.05. The van der Waals surface area contributed by atoms with Gasteiger partial charge in [0.25, 0.3) is 5.91 Å². The molecular weight excluding hydrogens is 262 g/mol. The summed E-state index contributed by atoms with van der Waals surface area (Å²) in [4.78, 5) is 16.6. The fourth-order valence-electron chi connectivity index (χ4n) is 3.10. The number of rotatable bonds is 3. The summed E-state index contributed by atoms with van der Waals surface area (Å²) in [5.41, 5.74) is 6.63. The van der Waals surface area contributed by atoms with E-state index in [4.69, 9.17) is 5.73 Å². The van der Waals surface area contributed by atoms with Crippen molar-refractivity contribution in [1.29, 1.82) is 0 Å². The van der Waals surface area contributed by atoms with E-state index < -0.39 is 0 Å². The predicted octanol–water partition coefficient (Wildman–Crippen LogP) is 2.48. The van der Waals surface area contributed by atoms with Crippen LogP contribution in [0.25, 0.3) is 10.8 Å². The summed E-state index contributed by atoms with van der Waals surface area (Å²) in [7, 11) is 0. The van der Waals surface area contributed by atoms with Crippen LogP contribution in [0.2, 0.25) is 0 Å². The fraction of sp³-hybridized carbons (Fsp3) is 0.412. The number of benzene rings is 1. The SMILES string of the molecule is NC1CCCCC1CNC(=O)c1nccc2ccccc12. The minimum absolute atomic E-state index is 0.107. The largest absolute Gasteiger partial charge is 0.350 e. The predicted molar refractivity (Wildman–Crippen MR) is 84.0 cm³/mol. The Kier molecular flexibility index (Phi) is 4.15. The molecule has 1 fully saturated rings. The van der Waals surface area contributed by atoms with E-state index in [1.165, 1.54) is 12.8 Å². The molecule has 1 aliphatic rings. The summed E-state index contributed by atoms with van der Waals surface area (Å²) < 4.78 is 0. The molecule has 3 N–H and O–H groups in total. The highest BCUT2D eigenvalue weighted by Crippen LogP contribution is 2.22. The lowest BCUT2D eigenvalue weighted by Gasteiger charge is -2.28. The molecule has 3 rings (SSSR count). The molecule has 2 unspecified atom stereocenters. The first kappa shape index (κ1) is 14.0. The van der Waals surface area contributed by atoms with Gasteiger partial charge >= 0.3 is 0 Å². The van der Waals surface area contributed by atoms with E-state index in [2.05, 4.69) is 10.3 Å². The van der Waals surface area contributed by atoms with Crippen LogP contribution in [0.1, 0.15) is 36.2 Å². The van der Waals surface area contributed by atoms with E-state index in [1.807, 2.05) is 30.3 Å². The number of nitrogens with zero attached hydrogens (tertiary/aromatic N) is 1. The number of carbonyl (C=O) groups excluding carboxylic acids is 1. The minimum Gasteiger partial charge on any atom is -0.350 e. The van der Waals surface area contributed by atoms with Gasteiger partial charge in [0.15, 0.2) is 0 Å². The Hall–Kier alpha value is -1.94. The Morgan fingerprint density at radius 2 is 2.05 bits per heavy atom. The number of pyridine rings is 1. The van der Waals surface area contributed by atoms with Crippen LogP contribution >= 0.6 is 0 Å². The van der Waals surface area contributed by atoms with Crippen LogP contribution in [0.15, 0.2) is 36.5 Å². The van der Waals surface area contributed by atoms with Crippen molar-refractivity contribution in [3.63, 3.8) is 0 Å². The number of hydrogen-bond acceptors (Lipinski definition) is 3. The van der Waals surface area contributed by atoms with Gasteiger partial charge in [-0.2, -0.15) is 0 Å². The van der Waals surface area contributed by atoms with E-state index in [-0.39, 0.29) is 11.9 Å². The molecule has 110 valence electrons. The smallest absolute Gasteiger partial charge is 0.270 e. The summed E-state index contributed by atoms with van der Waals surface area (Å²) >= 11 is 0. The molecule has 1 heterocycles. The van der Waals surface area contributed by atoms with Crippen molar-refractivity contribution in [2.75, 3.05) is 6.54 Å². The van der Waals surface area contributed by atoms with Gasteiger partial charge in [0, 0.05) is 24.2 Å². The third-order valence-corrected chi connectivity index (χ3v) is 4.38. The van der Waals surface area contributed by atoms with E-state index in [1.54, 1.807) is 6.20 Å². The molecule has 2 atom stereocenters. The Morgan fingerprint density at radius 1 is 1.24 bits per heavy atom. The molecule has 4 nitrogen and oxygen atoms in total. The van der Waals surface area contributed by atoms with Crippen molar-refractivity contribution in [2.24, 2.45) is 11.7 Å². The van der Waals surface area contributed by atoms with Gasteiger partial charge in [-0.1, -0.05) is 37.1 Å². The van der Waals surface area contributed by atoms with E-state index in [9.17, 15) is 4.79 Å². The molecule has 1 saturated carbocycles. The lowest BCUT2D eigenvalue weighted by molar-refractivity contribution is 0.0938. The third-order valence-electron chi connectivity index (χ3n) is 4.38. The van der Waals surface area contributed by atoms with E-state index in [0.29, 0.717) is 18.2 Å². The van der Waals surface area contributed by atoms with Gasteiger partial charge < -0.3 is 11.1 Å². The summed E-state index contributed by atoms with van der Waals surface area (Å²) in [6.45, 7) is 0.644. The standard InChI is InChI=1S/C17H21N3O/c18-15-8-4-2-6-13(15)11-20-17(21)16-14-7-3-1-5-12(14)9-10-19-16/h1,3,5,7,9-10,13,15H,2,4,6,8,11,18H2,(H,20,21). The molecule has 4 heteroatoms. The van der Waals surface area contributed by atoms with Gasteiger partial charge in [-0.25, -0.2) is 0 Å². The lowest BCUT2D eigenvalue weighted by Crippen LogP contribution is -2.41. The van der Waals surface area contributed by atoms with Crippen LogP contribution in [0.4, 0.5) is 0 Å². The van der Waals surface area contributed by atoms with Crippen molar-refractivity contribution < 1.29 is 4.79 Å². The Morgan fingerprint density at radius 3 is 2.90 bits per heavy atom. The number of nitrogens with one attached hydrogen (secondary N) is 1. The quantitative estimate of drug-likeness (QED) is 0.909. The van der Waals surface area contributed by atoms with Crippen molar-refractivity contribution in [1.82, 2.24) is 10.3 Å². The number of amides is 1. The number of nitrogens with two attached hydrogens (primary N) is 1. The van der Waals surface area contributed by atoms with Crippen molar-refractivity contribution in [3.05, 3.63) is 42.2 Å². The van der Waals surface area contributed by atoms with Gasteiger partial charge in [-0.15, -0.1) is 0 Å². The Bertz CT molecular complexity index is 635. The zero-order valence-corrected chi connectivity index (χ0v) is 12.1. The first-order valence-electron chi connectivity index (χ1n) is 7.63. The summed E-state index contributed by atoms with van der Waals surface area (Å²) in [5, 5.41) is 4.94. The van der Waals surface area contributed by atoms with Crippen LogP contribution < -0.4 is 11.1 Å². The molecule has 1 aromatic carbocycles. The number of hydrogen-bond donors (Lipinski definition) is 2. The van der Waals surface area contributed by atoms with E-state index in [0.717, 1.165) is 23.6 Å². The average molecular weight is 283 g/mol. The van der Waals surface area contributed by atoms with Crippen LogP contribution in [-0.4, -0.2) is 23.5 Å². The zero-order chi connectivity index (χ0) is 14.7. The Balaban J connectivity index is 1.72. The zero-order valence-electron chi connectivity index (χ0n) is 12.1. The molecule has 0 bridgehead atoms. The van der Waals surface area contributed by atoms with Crippen LogP contribution in [0.5, 0.6) is 0 Å². The molecule has 0 spiro atoms. The molecule has 1 amide bonds. The van der Waals surface area contributed by atoms with Crippen molar-refractivity contribution >= 4 is 16.7 Å². The molecule has 0 aliphatic heterocycles. The first-order valence-corrected chi connectivity index (χ1v) is 7.63. The average Bonchev–Trinajstić information content (AvgIpc) is 2.53. The summed E-state index contributed by atoms with van der Waals surface area (Å²) in [6, 6.07) is 9.94. The van der Waals surface area contributed by atoms with Crippen LogP contribution in [-0.2, 0) is 0 Å². The molecule has 0 saturated heterocycles. The molecule has 1 aliphatic carbocycles. The second-order valence-corrected chi connectivity index (χ2v) is 5.80. The van der Waals surface area contributed by atoms with Crippen molar-refractivity contribution in [2.45, 2.75) is 31.7 Å². The van der Waals surface area contributed by atoms with Crippen LogP contribution in [0.3, 0.4) is 0 Å². The maximum atomic E-state index is 12.4. The topological polar surface area (TPSA) is 68.0 Å². The van der Waals surface area contributed by atoms with E-state index >= 15 is 0 Å². The molecule has 21 heavy (non-hydrogen) atoms. The monoisotopic (exact) mass is 283 g/mol. The Labute approximate surface area is 124 Å². The molecule has 2 aromatic rings. The second kappa shape index (κ2) is 6.22. The van der Waals surface area contributed by atoms with Gasteiger partial charge in [-0.3, -0.25) is 9.78 Å². The number of carbonyl (C=O) groups is 1. The minimum atomic E-state index is -0.107. The summed E-state index contributed by atoms with van der Waals surface area (Å²) in [5.74, 6) is 0.280. The van der Waals surface area contributed by atoms with Gasteiger partial charge in [-0.05, 0) is 30.2 Å². The normalized spacial score (nSPS) is 22.1. The highest BCUT2D eigenvalue weighted by atomic mass is 16.1. The fourth-order valence-corrected chi connectivity index (χ4v) is 3.10. The van der Waals surface area contributed by atoms with Crippen LogP contribution in [0, 0.1) is 5.92 Å². The molecule has 0 radical (unpaired) electrons. The van der Waals surface area contributed by atoms with Crippen molar-refractivity contribution in [3.8, 4) is 0 Å². The molecular formula is C17H21N3O. The maximum absolute atomic E-state index is 12.4. The first-order chi connectivity index (χ1) is 10.3. The number of aromatic nitrogens is 1. The highest BCUT2D eigenvalue weighted by Gasteiger charge is 2.22. The van der Waals surface area contributed by atoms with Gasteiger partial charge in [0.2, 0.25) is 0 Å². The molecule has 1 aromatic heterocycles. The lowest BCUT2D eigenvalue weighted by atomic mass is 9.85. The number of fused-ring (bicyclic) bond motifs is 1. The van der Waals surface area contributed by atoms with Gasteiger partial charge in [0.05, 0.1) is 0 Å². The third kappa shape index (κ3) is 3.05. The van der Waals surface area contributed by atoms with Gasteiger partial charge in [0.1, 0.15) is 5.69 Å². The summed E-state index contributed by atoms with van der Waals surface area (Å²) in [6.07, 6.45) is 6.26. The second-order valence-electron chi connectivity index (χ2n) is 5.80. The maximum Gasteiger partial charge on any atom is 0.270 e.